The normalized spacial score (nSPS) is 16.6. The number of rotatable bonds is 9. The fourth-order valence-corrected chi connectivity index (χ4v) is 4.06. The van der Waals surface area contributed by atoms with Gasteiger partial charge in [0, 0.05) is 6.54 Å². The lowest BCUT2D eigenvalue weighted by Crippen LogP contribution is -2.37. The Morgan fingerprint density at radius 1 is 1.05 bits per heavy atom. The monoisotopic (exact) mass is 319 g/mol. The molecular formula is C9H23NO7P2. The first kappa shape index (κ1) is 19.2. The van der Waals surface area contributed by atoms with Gasteiger partial charge in [0.2, 0.25) is 0 Å². The van der Waals surface area contributed by atoms with Crippen molar-refractivity contribution >= 4 is 15.2 Å². The van der Waals surface area contributed by atoms with Crippen LogP contribution in [0.15, 0.2) is 0 Å². The molecule has 116 valence electrons. The quantitative estimate of drug-likeness (QED) is 0.299. The van der Waals surface area contributed by atoms with Crippen molar-refractivity contribution in [1.29, 1.82) is 0 Å². The molecule has 2 unspecified atom stereocenters. The van der Waals surface area contributed by atoms with Gasteiger partial charge >= 0.3 is 15.2 Å². The lowest BCUT2D eigenvalue weighted by molar-refractivity contribution is 0.165. The molecule has 0 amide bonds. The zero-order valence-electron chi connectivity index (χ0n) is 11.1. The van der Waals surface area contributed by atoms with Gasteiger partial charge in [0.25, 0.3) is 0 Å². The van der Waals surface area contributed by atoms with E-state index in [2.05, 4.69) is 0 Å². The van der Waals surface area contributed by atoms with E-state index in [-0.39, 0.29) is 6.54 Å². The maximum atomic E-state index is 11.2. The lowest BCUT2D eigenvalue weighted by atomic mass is 10.2. The number of hydrogen-bond donors (Lipinski definition) is 5. The molecule has 0 aromatic carbocycles. The molecule has 0 saturated heterocycles. The van der Waals surface area contributed by atoms with Gasteiger partial charge in [-0.15, -0.1) is 0 Å². The van der Waals surface area contributed by atoms with E-state index in [1.165, 1.54) is 0 Å². The van der Waals surface area contributed by atoms with E-state index in [0.717, 1.165) is 19.3 Å². The first-order valence-electron chi connectivity index (χ1n) is 5.97. The van der Waals surface area contributed by atoms with Crippen molar-refractivity contribution in [3.8, 4) is 0 Å². The van der Waals surface area contributed by atoms with Crippen LogP contribution in [0.3, 0.4) is 0 Å². The van der Waals surface area contributed by atoms with Gasteiger partial charge in [0.05, 0.1) is 0 Å². The smallest absolute Gasteiger partial charge is 0.354 e. The van der Waals surface area contributed by atoms with E-state index >= 15 is 0 Å². The number of aliphatic hydroxyl groups is 1. The molecule has 5 N–H and O–H groups in total. The van der Waals surface area contributed by atoms with Crippen LogP contribution in [-0.4, -0.2) is 61.2 Å². The molecule has 0 bridgehead atoms. The van der Waals surface area contributed by atoms with Crippen LogP contribution >= 0.6 is 15.2 Å². The number of unbranched alkanes of at least 4 members (excludes halogenated alkanes) is 2. The molecule has 0 saturated carbocycles. The molecular weight excluding hydrogens is 296 g/mol. The van der Waals surface area contributed by atoms with Crippen LogP contribution in [-0.2, 0) is 9.13 Å². The van der Waals surface area contributed by atoms with Crippen LogP contribution in [0.4, 0.5) is 0 Å². The van der Waals surface area contributed by atoms with Gasteiger partial charge in [-0.1, -0.05) is 19.8 Å². The summed E-state index contributed by atoms with van der Waals surface area (Å²) in [5.41, 5.74) is -1.79. The molecule has 0 radical (unpaired) electrons. The zero-order valence-corrected chi connectivity index (χ0v) is 12.9. The van der Waals surface area contributed by atoms with Gasteiger partial charge in [0.15, 0.2) is 5.85 Å². The number of hydrogen-bond acceptors (Lipinski definition) is 4. The molecule has 8 nitrogen and oxygen atoms in total. The first-order chi connectivity index (χ1) is 8.50. The summed E-state index contributed by atoms with van der Waals surface area (Å²) in [7, 11) is -8.18. The van der Waals surface area contributed by atoms with E-state index in [4.69, 9.17) is 19.6 Å². The van der Waals surface area contributed by atoms with E-state index in [0.29, 0.717) is 6.54 Å². The summed E-state index contributed by atoms with van der Waals surface area (Å²) in [4.78, 5) is 37.5. The van der Waals surface area contributed by atoms with Crippen molar-refractivity contribution in [3.63, 3.8) is 0 Å². The molecule has 0 aliphatic heterocycles. The lowest BCUT2D eigenvalue weighted by Gasteiger charge is -2.28. The highest BCUT2D eigenvalue weighted by Gasteiger charge is 2.44. The predicted octanol–water partition coefficient (Wildman–Crippen LogP) is 0.151. The second kappa shape index (κ2) is 7.86. The largest absolute Gasteiger partial charge is 0.380 e. The summed E-state index contributed by atoms with van der Waals surface area (Å²) < 4.78 is 22.2. The average molecular weight is 319 g/mol. The third-order valence-electron chi connectivity index (χ3n) is 2.76. The molecule has 0 fully saturated rings. The van der Waals surface area contributed by atoms with Crippen molar-refractivity contribution in [1.82, 2.24) is 4.90 Å². The topological polar surface area (TPSA) is 139 Å². The van der Waals surface area contributed by atoms with Gasteiger partial charge in [-0.25, -0.2) is 0 Å². The summed E-state index contributed by atoms with van der Waals surface area (Å²) in [5.74, 6) is -2.36. The van der Waals surface area contributed by atoms with Crippen LogP contribution in [0, 0.1) is 0 Å². The van der Waals surface area contributed by atoms with E-state index in [1.807, 2.05) is 6.92 Å². The van der Waals surface area contributed by atoms with E-state index < -0.39 is 26.7 Å². The van der Waals surface area contributed by atoms with Crippen LogP contribution in [0.2, 0.25) is 0 Å². The summed E-state index contributed by atoms with van der Waals surface area (Å²) in [6.45, 7) is 2.27. The second-order valence-corrected chi connectivity index (χ2v) is 8.18. The summed E-state index contributed by atoms with van der Waals surface area (Å²) in [6, 6.07) is 0. The molecule has 0 rings (SSSR count). The predicted molar refractivity (Wildman–Crippen MR) is 70.9 cm³/mol. The van der Waals surface area contributed by atoms with Crippen molar-refractivity contribution in [2.24, 2.45) is 0 Å². The van der Waals surface area contributed by atoms with Gasteiger partial charge in [-0.05, 0) is 20.0 Å². The first-order valence-corrected chi connectivity index (χ1v) is 9.33. The molecule has 10 heteroatoms. The molecule has 0 heterocycles. The summed E-state index contributed by atoms with van der Waals surface area (Å²) >= 11 is 0. The Kier molecular flexibility index (Phi) is 7.95. The molecule has 0 spiro atoms. The van der Waals surface area contributed by atoms with Gasteiger partial charge in [0.1, 0.15) is 5.66 Å². The minimum Gasteiger partial charge on any atom is -0.380 e. The number of nitrogens with zero attached hydrogens (tertiary/aromatic N) is 1. The van der Waals surface area contributed by atoms with Gasteiger partial charge in [-0.2, -0.15) is 0 Å². The molecule has 0 aromatic rings. The van der Waals surface area contributed by atoms with E-state index in [9.17, 15) is 14.2 Å². The summed E-state index contributed by atoms with van der Waals surface area (Å²) in [6.07, 6.45) is 2.75. The Balaban J connectivity index is 4.72. The van der Waals surface area contributed by atoms with Crippen molar-refractivity contribution in [2.45, 2.75) is 37.7 Å². The second-order valence-electron chi connectivity index (χ2n) is 4.63. The van der Waals surface area contributed by atoms with E-state index in [1.54, 1.807) is 11.9 Å². The van der Waals surface area contributed by atoms with Gasteiger partial charge < -0.3 is 29.6 Å². The van der Waals surface area contributed by atoms with Crippen LogP contribution < -0.4 is 0 Å². The van der Waals surface area contributed by atoms with Crippen LogP contribution in [0.1, 0.15) is 26.2 Å². The van der Waals surface area contributed by atoms with Crippen molar-refractivity contribution in [2.75, 3.05) is 20.1 Å². The highest BCUT2D eigenvalue weighted by atomic mass is 31.2. The highest BCUT2D eigenvalue weighted by molar-refractivity contribution is 7.57. The summed E-state index contributed by atoms with van der Waals surface area (Å²) in [5, 5.41) is 9.42. The molecule has 0 aromatic heterocycles. The minimum absolute atomic E-state index is 0.278. The molecule has 19 heavy (non-hydrogen) atoms. The average Bonchev–Trinajstić information content (AvgIpc) is 2.22. The van der Waals surface area contributed by atoms with Crippen LogP contribution in [0.5, 0.6) is 0 Å². The van der Waals surface area contributed by atoms with Crippen molar-refractivity contribution < 1.29 is 33.8 Å². The Morgan fingerprint density at radius 2 is 1.58 bits per heavy atom. The highest BCUT2D eigenvalue weighted by Crippen LogP contribution is 2.53. The zero-order chi connectivity index (χ0) is 15.3. The van der Waals surface area contributed by atoms with Crippen molar-refractivity contribution in [3.05, 3.63) is 0 Å². The fraction of sp³-hybridized carbons (Fsp3) is 1.00. The Hall–Kier alpha value is 0.220. The Bertz CT molecular complexity index is 352. The molecule has 0 aliphatic rings. The maximum absolute atomic E-state index is 11.2. The fourth-order valence-electron chi connectivity index (χ4n) is 1.64. The molecule has 2 atom stereocenters. The molecule has 0 aliphatic carbocycles. The Labute approximate surface area is 112 Å². The van der Waals surface area contributed by atoms with Crippen LogP contribution in [0.25, 0.3) is 0 Å². The maximum Gasteiger partial charge on any atom is 0.354 e. The minimum atomic E-state index is -4.96. The third kappa shape index (κ3) is 7.54. The SMILES string of the molecule is CCCCCN(C)CC(C(O)P(=O)(O)O)P(=O)(O)O. The standard InChI is InChI=1S/C9H23NO7P2/c1-3-4-5-6-10(2)7-8(18(12,13)14)9(11)19(15,16)17/h8-9,11H,3-7H2,1-2H3,(H2,12,13,14)(H2,15,16,17). The Morgan fingerprint density at radius 3 is 1.95 bits per heavy atom. The van der Waals surface area contributed by atoms with Gasteiger partial charge in [-0.3, -0.25) is 9.13 Å². The number of aliphatic hydroxyl groups excluding tert-OH is 1. The third-order valence-corrected chi connectivity index (χ3v) is 5.36.